The molecule has 6 heteroatoms. The highest BCUT2D eigenvalue weighted by Gasteiger charge is 2.34. The second-order valence-corrected chi connectivity index (χ2v) is 5.25. The average Bonchev–Trinajstić information content (AvgIpc) is 3.16. The van der Waals surface area contributed by atoms with Crippen molar-refractivity contribution < 1.29 is 22.4 Å². The van der Waals surface area contributed by atoms with Crippen LogP contribution in [0.4, 0.5) is 13.2 Å². The third kappa shape index (κ3) is 2.73. The Balaban J connectivity index is 1.87. The van der Waals surface area contributed by atoms with Gasteiger partial charge in [0.1, 0.15) is 5.76 Å². The normalized spacial score (nSPS) is 18.7. The number of carbonyl (C=O) groups is 1. The maximum absolute atomic E-state index is 12.8. The molecule has 3 rings (SSSR count). The molecule has 1 atom stereocenters. The van der Waals surface area contributed by atoms with Crippen molar-refractivity contribution in [1.82, 2.24) is 4.90 Å². The Labute approximate surface area is 125 Å². The molecule has 1 aromatic heterocycles. The van der Waals surface area contributed by atoms with Gasteiger partial charge in [-0.25, -0.2) is 0 Å². The first-order valence-corrected chi connectivity index (χ1v) is 6.98. The number of hydrogen-bond acceptors (Lipinski definition) is 2. The number of benzene rings is 1. The van der Waals surface area contributed by atoms with E-state index in [0.717, 1.165) is 25.0 Å². The standard InChI is InChI=1S/C16H14F3NO2/c17-16(18,19)12-5-1-4-11(10-12)15(21)20-8-2-6-13(20)14-7-3-9-22-14/h1,3-5,7,9-10,13H,2,6,8H2. The molecule has 116 valence electrons. The maximum Gasteiger partial charge on any atom is 0.416 e. The summed E-state index contributed by atoms with van der Waals surface area (Å²) >= 11 is 0. The average molecular weight is 309 g/mol. The van der Waals surface area contributed by atoms with Crippen LogP contribution >= 0.6 is 0 Å². The lowest BCUT2D eigenvalue weighted by molar-refractivity contribution is -0.137. The molecule has 1 fully saturated rings. The van der Waals surface area contributed by atoms with Gasteiger partial charge in [-0.15, -0.1) is 0 Å². The summed E-state index contributed by atoms with van der Waals surface area (Å²) in [6.07, 6.45) is -1.38. The van der Waals surface area contributed by atoms with Crippen molar-refractivity contribution in [1.29, 1.82) is 0 Å². The van der Waals surface area contributed by atoms with Crippen LogP contribution in [-0.4, -0.2) is 17.4 Å². The number of rotatable bonds is 2. The van der Waals surface area contributed by atoms with Crippen molar-refractivity contribution in [2.24, 2.45) is 0 Å². The second-order valence-electron chi connectivity index (χ2n) is 5.25. The van der Waals surface area contributed by atoms with Gasteiger partial charge < -0.3 is 9.32 Å². The molecule has 3 nitrogen and oxygen atoms in total. The first kappa shape index (κ1) is 14.7. The van der Waals surface area contributed by atoms with E-state index in [-0.39, 0.29) is 11.6 Å². The van der Waals surface area contributed by atoms with Crippen molar-refractivity contribution in [2.45, 2.75) is 25.1 Å². The van der Waals surface area contributed by atoms with Crippen LogP contribution < -0.4 is 0 Å². The Kier molecular flexibility index (Phi) is 3.68. The van der Waals surface area contributed by atoms with E-state index in [9.17, 15) is 18.0 Å². The predicted molar refractivity (Wildman–Crippen MR) is 73.2 cm³/mol. The van der Waals surface area contributed by atoms with Crippen LogP contribution in [0.2, 0.25) is 0 Å². The van der Waals surface area contributed by atoms with E-state index in [4.69, 9.17) is 4.42 Å². The zero-order valence-corrected chi connectivity index (χ0v) is 11.6. The highest BCUT2D eigenvalue weighted by molar-refractivity contribution is 5.94. The Hall–Kier alpha value is -2.24. The largest absolute Gasteiger partial charge is 0.467 e. The molecule has 0 aliphatic carbocycles. The Morgan fingerprint density at radius 3 is 2.73 bits per heavy atom. The van der Waals surface area contributed by atoms with E-state index >= 15 is 0 Å². The fraction of sp³-hybridized carbons (Fsp3) is 0.312. The van der Waals surface area contributed by atoms with E-state index < -0.39 is 17.6 Å². The zero-order chi connectivity index (χ0) is 15.7. The van der Waals surface area contributed by atoms with E-state index in [2.05, 4.69) is 0 Å². The molecule has 1 aliphatic heterocycles. The highest BCUT2D eigenvalue weighted by atomic mass is 19.4. The number of carbonyl (C=O) groups excluding carboxylic acids is 1. The van der Waals surface area contributed by atoms with Crippen LogP contribution in [0.15, 0.2) is 47.1 Å². The van der Waals surface area contributed by atoms with Crippen LogP contribution in [0.5, 0.6) is 0 Å². The zero-order valence-electron chi connectivity index (χ0n) is 11.6. The summed E-state index contributed by atoms with van der Waals surface area (Å²) in [5.41, 5.74) is -0.764. The van der Waals surface area contributed by atoms with Crippen LogP contribution in [0, 0.1) is 0 Å². The van der Waals surface area contributed by atoms with Crippen LogP contribution in [0.25, 0.3) is 0 Å². The van der Waals surface area contributed by atoms with Gasteiger partial charge in [-0.1, -0.05) is 6.07 Å². The summed E-state index contributed by atoms with van der Waals surface area (Å²) in [7, 11) is 0. The summed E-state index contributed by atoms with van der Waals surface area (Å²) in [4.78, 5) is 14.1. The van der Waals surface area contributed by atoms with Gasteiger partial charge in [0.15, 0.2) is 0 Å². The Bertz CT molecular complexity index is 664. The number of halogens is 3. The minimum absolute atomic E-state index is 0.0493. The van der Waals surface area contributed by atoms with Crippen LogP contribution in [0.1, 0.15) is 40.6 Å². The number of nitrogens with zero attached hydrogens (tertiary/aromatic N) is 1. The third-order valence-corrected chi connectivity index (χ3v) is 3.82. The number of amides is 1. The number of hydrogen-bond donors (Lipinski definition) is 0. The smallest absolute Gasteiger partial charge is 0.416 e. The van der Waals surface area contributed by atoms with Crippen molar-refractivity contribution in [3.8, 4) is 0 Å². The minimum atomic E-state index is -4.46. The lowest BCUT2D eigenvalue weighted by atomic mass is 10.1. The van der Waals surface area contributed by atoms with Gasteiger partial charge in [0, 0.05) is 12.1 Å². The predicted octanol–water partition coefficient (Wildman–Crippen LogP) is 4.28. The lowest BCUT2D eigenvalue weighted by Gasteiger charge is -2.23. The van der Waals surface area contributed by atoms with Crippen LogP contribution in [-0.2, 0) is 6.18 Å². The third-order valence-electron chi connectivity index (χ3n) is 3.82. The fourth-order valence-electron chi connectivity index (χ4n) is 2.78. The molecule has 0 saturated carbocycles. The van der Waals surface area contributed by atoms with Crippen molar-refractivity contribution in [2.75, 3.05) is 6.54 Å². The van der Waals surface area contributed by atoms with Crippen molar-refractivity contribution in [3.63, 3.8) is 0 Å². The highest BCUT2D eigenvalue weighted by Crippen LogP contribution is 2.34. The molecule has 1 saturated heterocycles. The van der Waals surface area contributed by atoms with Gasteiger partial charge >= 0.3 is 6.18 Å². The monoisotopic (exact) mass is 309 g/mol. The maximum atomic E-state index is 12.8. The number of likely N-dealkylation sites (tertiary alicyclic amines) is 1. The second kappa shape index (κ2) is 5.51. The number of alkyl halides is 3. The molecule has 0 N–H and O–H groups in total. The Morgan fingerprint density at radius 1 is 1.23 bits per heavy atom. The molecule has 0 spiro atoms. The molecule has 1 aliphatic rings. The SMILES string of the molecule is O=C(c1cccc(C(F)(F)F)c1)N1CCCC1c1ccco1. The molecule has 1 unspecified atom stereocenters. The summed E-state index contributed by atoms with van der Waals surface area (Å²) in [5, 5.41) is 0. The minimum Gasteiger partial charge on any atom is -0.467 e. The van der Waals surface area contributed by atoms with Gasteiger partial charge in [0.25, 0.3) is 5.91 Å². The molecular weight excluding hydrogens is 295 g/mol. The van der Waals surface area contributed by atoms with Crippen molar-refractivity contribution in [3.05, 3.63) is 59.5 Å². The summed E-state index contributed by atoms with van der Waals surface area (Å²) in [6.45, 7) is 0.514. The van der Waals surface area contributed by atoms with Gasteiger partial charge in [0.2, 0.25) is 0 Å². The van der Waals surface area contributed by atoms with Crippen LogP contribution in [0.3, 0.4) is 0 Å². The van der Waals surface area contributed by atoms with Gasteiger partial charge in [0.05, 0.1) is 17.9 Å². The topological polar surface area (TPSA) is 33.5 Å². The first-order valence-electron chi connectivity index (χ1n) is 6.98. The quantitative estimate of drug-likeness (QED) is 0.830. The van der Waals surface area contributed by atoms with E-state index in [1.54, 1.807) is 17.0 Å². The van der Waals surface area contributed by atoms with E-state index in [0.29, 0.717) is 12.3 Å². The van der Waals surface area contributed by atoms with Gasteiger partial charge in [-0.2, -0.15) is 13.2 Å². The first-order chi connectivity index (χ1) is 10.5. The molecule has 1 aromatic carbocycles. The molecule has 2 aromatic rings. The molecule has 1 amide bonds. The van der Waals surface area contributed by atoms with Gasteiger partial charge in [-0.3, -0.25) is 4.79 Å². The molecule has 0 bridgehead atoms. The molecular formula is C16H14F3NO2. The number of furan rings is 1. The summed E-state index contributed by atoms with van der Waals surface area (Å²) in [6, 6.07) is 7.84. The molecule has 22 heavy (non-hydrogen) atoms. The fourth-order valence-corrected chi connectivity index (χ4v) is 2.78. The van der Waals surface area contributed by atoms with Crippen molar-refractivity contribution >= 4 is 5.91 Å². The summed E-state index contributed by atoms with van der Waals surface area (Å²) < 4.78 is 43.6. The van der Waals surface area contributed by atoms with Gasteiger partial charge in [-0.05, 0) is 43.2 Å². The molecule has 0 radical (unpaired) electrons. The van der Waals surface area contributed by atoms with E-state index in [1.807, 2.05) is 0 Å². The lowest BCUT2D eigenvalue weighted by Crippen LogP contribution is -2.30. The summed E-state index contributed by atoms with van der Waals surface area (Å²) in [5.74, 6) is 0.267. The van der Waals surface area contributed by atoms with E-state index in [1.165, 1.54) is 18.4 Å². The Morgan fingerprint density at radius 2 is 2.05 bits per heavy atom. The molecule has 2 heterocycles.